The Morgan fingerprint density at radius 3 is 2.55 bits per heavy atom. The average Bonchev–Trinajstić information content (AvgIpc) is 3.23. The third-order valence-electron chi connectivity index (χ3n) is 5.06. The van der Waals surface area contributed by atoms with E-state index in [1.54, 1.807) is 55.1 Å². The molecule has 3 heterocycles. The number of methoxy groups -OCH3 is 1. The van der Waals surface area contributed by atoms with Gasteiger partial charge in [0.15, 0.2) is 16.9 Å². The second kappa shape index (κ2) is 7.17. The van der Waals surface area contributed by atoms with Crippen LogP contribution >= 0.6 is 0 Å². The predicted molar refractivity (Wildman–Crippen MR) is 108 cm³/mol. The Kier molecular flexibility index (Phi) is 4.67. The minimum absolute atomic E-state index is 0.266. The van der Waals surface area contributed by atoms with Crippen LogP contribution in [0.25, 0.3) is 16.9 Å². The lowest BCUT2D eigenvalue weighted by Crippen LogP contribution is -2.41. The van der Waals surface area contributed by atoms with Crippen molar-refractivity contribution >= 4 is 22.7 Å². The van der Waals surface area contributed by atoms with Crippen LogP contribution in [0.5, 0.6) is 0 Å². The first-order chi connectivity index (χ1) is 13.9. The van der Waals surface area contributed by atoms with Gasteiger partial charge in [0.25, 0.3) is 5.56 Å². The summed E-state index contributed by atoms with van der Waals surface area (Å²) in [6.07, 6.45) is 1.80. The van der Waals surface area contributed by atoms with Crippen molar-refractivity contribution in [2.75, 3.05) is 13.7 Å². The molecule has 4 rings (SSSR count). The summed E-state index contributed by atoms with van der Waals surface area (Å²) in [5.41, 5.74) is 0.788. The first-order valence-corrected chi connectivity index (χ1v) is 9.19. The predicted octanol–water partition coefficient (Wildman–Crippen LogP) is 0.987. The molecule has 0 aliphatic heterocycles. The molecule has 0 bridgehead atoms. The molecule has 9 nitrogen and oxygen atoms in total. The van der Waals surface area contributed by atoms with Crippen molar-refractivity contribution in [1.82, 2.24) is 23.1 Å². The number of aromatic nitrogens is 5. The van der Waals surface area contributed by atoms with Gasteiger partial charge in [-0.05, 0) is 6.92 Å². The van der Waals surface area contributed by atoms with E-state index in [0.717, 1.165) is 10.3 Å². The Morgan fingerprint density at radius 1 is 1.14 bits per heavy atom. The molecule has 150 valence electrons. The summed E-state index contributed by atoms with van der Waals surface area (Å²) < 4.78 is 11.0. The topological polar surface area (TPSA) is 92.5 Å². The third kappa shape index (κ3) is 2.99. The molecular formula is C20H21N5O4. The fraction of sp³-hybridized carbons (Fsp3) is 0.300. The van der Waals surface area contributed by atoms with Crippen LogP contribution in [0.1, 0.15) is 16.1 Å². The number of nitrogens with zero attached hydrogens (tertiary/aromatic N) is 5. The number of benzene rings is 1. The lowest BCUT2D eigenvalue weighted by Gasteiger charge is -2.07. The molecule has 0 atom stereocenters. The zero-order chi connectivity index (χ0) is 20.7. The number of fused-ring (bicyclic) bond motifs is 3. The number of ether oxygens (including phenoxy) is 1. The first kappa shape index (κ1) is 18.9. The van der Waals surface area contributed by atoms with Crippen LogP contribution in [0, 0.1) is 6.92 Å². The van der Waals surface area contributed by atoms with Gasteiger partial charge in [-0.25, -0.2) is 4.79 Å². The highest BCUT2D eigenvalue weighted by Crippen LogP contribution is 2.16. The summed E-state index contributed by atoms with van der Waals surface area (Å²) in [6.45, 7) is 2.64. The summed E-state index contributed by atoms with van der Waals surface area (Å²) in [7, 11) is 3.16. The molecule has 3 aromatic heterocycles. The maximum absolute atomic E-state index is 13.2. The second-order valence-electron chi connectivity index (χ2n) is 6.89. The summed E-state index contributed by atoms with van der Waals surface area (Å²) in [6, 6.07) is 8.60. The Bertz CT molecular complexity index is 1340. The van der Waals surface area contributed by atoms with Crippen molar-refractivity contribution < 1.29 is 9.53 Å². The number of hydrogen-bond acceptors (Lipinski definition) is 5. The van der Waals surface area contributed by atoms with Gasteiger partial charge >= 0.3 is 5.69 Å². The van der Waals surface area contributed by atoms with E-state index in [1.165, 1.54) is 4.57 Å². The number of aryl methyl sites for hydroxylation is 2. The number of carbonyl (C=O) groups excluding carboxylic acids is 1. The van der Waals surface area contributed by atoms with E-state index in [4.69, 9.17) is 4.74 Å². The highest BCUT2D eigenvalue weighted by Gasteiger charge is 2.21. The molecule has 0 saturated carbocycles. The van der Waals surface area contributed by atoms with Crippen molar-refractivity contribution in [1.29, 1.82) is 0 Å². The fourth-order valence-corrected chi connectivity index (χ4v) is 3.51. The largest absolute Gasteiger partial charge is 0.383 e. The highest BCUT2D eigenvalue weighted by molar-refractivity contribution is 5.95. The van der Waals surface area contributed by atoms with Crippen LogP contribution in [0.4, 0.5) is 0 Å². The number of carbonyl (C=O) groups is 1. The quantitative estimate of drug-likeness (QED) is 0.454. The molecule has 0 amide bonds. The van der Waals surface area contributed by atoms with Gasteiger partial charge in [-0.3, -0.25) is 23.1 Å². The summed E-state index contributed by atoms with van der Waals surface area (Å²) in [4.78, 5) is 43.1. The lowest BCUT2D eigenvalue weighted by atomic mass is 10.1. The van der Waals surface area contributed by atoms with E-state index in [0.29, 0.717) is 24.5 Å². The molecule has 0 spiro atoms. The maximum Gasteiger partial charge on any atom is 0.332 e. The maximum atomic E-state index is 13.2. The van der Waals surface area contributed by atoms with Crippen molar-refractivity contribution in [3.8, 4) is 0 Å². The van der Waals surface area contributed by atoms with Gasteiger partial charge in [0.2, 0.25) is 5.78 Å². The second-order valence-corrected chi connectivity index (χ2v) is 6.89. The fourth-order valence-electron chi connectivity index (χ4n) is 3.51. The molecule has 0 aliphatic rings. The lowest BCUT2D eigenvalue weighted by molar-refractivity contribution is 0.0969. The third-order valence-corrected chi connectivity index (χ3v) is 5.06. The molecule has 0 saturated heterocycles. The SMILES string of the molecule is COCCn1c(C)cn2c3c(=O)n(CC(=O)c4ccccc4)c(=O)n(C)c3nc12. The number of ketones is 1. The van der Waals surface area contributed by atoms with Gasteiger partial charge in [-0.15, -0.1) is 0 Å². The first-order valence-electron chi connectivity index (χ1n) is 9.19. The van der Waals surface area contributed by atoms with E-state index in [-0.39, 0.29) is 23.5 Å². The Balaban J connectivity index is 1.91. The Hall–Kier alpha value is -3.46. The van der Waals surface area contributed by atoms with Crippen LogP contribution in [0.15, 0.2) is 46.1 Å². The molecular weight excluding hydrogens is 374 g/mol. The minimum Gasteiger partial charge on any atom is -0.383 e. The van der Waals surface area contributed by atoms with Gasteiger partial charge in [-0.2, -0.15) is 4.98 Å². The smallest absolute Gasteiger partial charge is 0.332 e. The van der Waals surface area contributed by atoms with Gasteiger partial charge in [0.05, 0.1) is 13.2 Å². The van der Waals surface area contributed by atoms with E-state index < -0.39 is 11.2 Å². The molecule has 1 aromatic carbocycles. The van der Waals surface area contributed by atoms with E-state index in [1.807, 2.05) is 11.5 Å². The van der Waals surface area contributed by atoms with Crippen molar-refractivity contribution in [3.05, 3.63) is 68.6 Å². The molecule has 0 fully saturated rings. The van der Waals surface area contributed by atoms with E-state index >= 15 is 0 Å². The zero-order valence-corrected chi connectivity index (χ0v) is 16.5. The van der Waals surface area contributed by atoms with Crippen molar-refractivity contribution in [3.63, 3.8) is 0 Å². The number of rotatable bonds is 6. The van der Waals surface area contributed by atoms with Crippen LogP contribution in [-0.2, 0) is 24.9 Å². The molecule has 4 aromatic rings. The molecule has 0 N–H and O–H groups in total. The monoisotopic (exact) mass is 395 g/mol. The Labute approximate surface area is 165 Å². The summed E-state index contributed by atoms with van der Waals surface area (Å²) >= 11 is 0. The normalized spacial score (nSPS) is 11.6. The van der Waals surface area contributed by atoms with Crippen LogP contribution in [-0.4, -0.2) is 42.6 Å². The molecule has 0 aliphatic carbocycles. The van der Waals surface area contributed by atoms with Gasteiger partial charge < -0.3 is 9.30 Å². The zero-order valence-electron chi connectivity index (χ0n) is 16.5. The van der Waals surface area contributed by atoms with E-state index in [2.05, 4.69) is 4.98 Å². The van der Waals surface area contributed by atoms with Gasteiger partial charge in [0, 0.05) is 38.2 Å². The standard InChI is InChI=1S/C20H21N5O4/c1-13-11-24-16-17(21-19(24)23(13)9-10-29-3)22(2)20(28)25(18(16)27)12-15(26)14-7-5-4-6-8-14/h4-8,11H,9-10,12H2,1-3H3. The average molecular weight is 395 g/mol. The van der Waals surface area contributed by atoms with E-state index in [9.17, 15) is 14.4 Å². The van der Waals surface area contributed by atoms with Crippen LogP contribution < -0.4 is 11.2 Å². The van der Waals surface area contributed by atoms with Gasteiger partial charge in [0.1, 0.15) is 0 Å². The van der Waals surface area contributed by atoms with Crippen molar-refractivity contribution in [2.24, 2.45) is 7.05 Å². The molecule has 0 unspecified atom stereocenters. The molecule has 29 heavy (non-hydrogen) atoms. The Morgan fingerprint density at radius 2 is 1.86 bits per heavy atom. The van der Waals surface area contributed by atoms with Crippen molar-refractivity contribution in [2.45, 2.75) is 20.0 Å². The number of imidazole rings is 2. The molecule has 9 heteroatoms. The number of hydrogen-bond donors (Lipinski definition) is 0. The summed E-state index contributed by atoms with van der Waals surface area (Å²) in [5.74, 6) is 0.243. The van der Waals surface area contributed by atoms with Crippen LogP contribution in [0.2, 0.25) is 0 Å². The van der Waals surface area contributed by atoms with Gasteiger partial charge in [-0.1, -0.05) is 30.3 Å². The highest BCUT2D eigenvalue weighted by atomic mass is 16.5. The summed E-state index contributed by atoms with van der Waals surface area (Å²) in [5, 5.41) is 0. The molecule has 0 radical (unpaired) electrons. The minimum atomic E-state index is -0.576. The number of Topliss-reactive ketones (excluding diaryl/α,β-unsaturated/α-hetero) is 1. The van der Waals surface area contributed by atoms with Crippen LogP contribution in [0.3, 0.4) is 0 Å².